The molecule has 102 heavy (non-hydrogen) atoms. The molecule has 0 radical (unpaired) electrons. The largest absolute Gasteiger partial charge is 0.472 e. The van der Waals surface area contributed by atoms with E-state index in [1.54, 1.807) is 0 Å². The van der Waals surface area contributed by atoms with Crippen molar-refractivity contribution in [3.63, 3.8) is 0 Å². The van der Waals surface area contributed by atoms with Crippen molar-refractivity contribution in [1.82, 2.24) is 0 Å². The maximum atomic E-state index is 13.1. The number of hydrogen-bond donors (Lipinski definition) is 3. The summed E-state index contributed by atoms with van der Waals surface area (Å²) in [5, 5.41) is 10.6. The van der Waals surface area contributed by atoms with Crippen molar-refractivity contribution >= 4 is 39.5 Å². The highest BCUT2D eigenvalue weighted by Crippen LogP contribution is 2.45. The number of phosphoric acid groups is 2. The third-order valence-electron chi connectivity index (χ3n) is 17.0. The molecular formula is C83H146O17P2. The number of hydrogen-bond acceptors (Lipinski definition) is 15. The van der Waals surface area contributed by atoms with Gasteiger partial charge in [-0.25, -0.2) is 9.13 Å². The summed E-state index contributed by atoms with van der Waals surface area (Å²) < 4.78 is 68.6. The molecule has 0 fully saturated rings. The average Bonchev–Trinajstić information content (AvgIpc) is 0.907. The highest BCUT2D eigenvalue weighted by atomic mass is 31.2. The van der Waals surface area contributed by atoms with Gasteiger partial charge < -0.3 is 33.8 Å². The van der Waals surface area contributed by atoms with E-state index in [-0.39, 0.29) is 25.7 Å². The van der Waals surface area contributed by atoms with Gasteiger partial charge in [-0.1, -0.05) is 292 Å². The molecule has 0 aliphatic carbocycles. The van der Waals surface area contributed by atoms with Gasteiger partial charge >= 0.3 is 39.5 Å². The van der Waals surface area contributed by atoms with Crippen molar-refractivity contribution in [3.8, 4) is 0 Å². The molecule has 0 spiro atoms. The molecule has 0 aliphatic rings. The zero-order chi connectivity index (χ0) is 74.6. The van der Waals surface area contributed by atoms with Crippen LogP contribution in [0.5, 0.6) is 0 Å². The highest BCUT2D eigenvalue weighted by molar-refractivity contribution is 7.47. The summed E-state index contributed by atoms with van der Waals surface area (Å²) >= 11 is 0. The molecule has 3 N–H and O–H groups in total. The van der Waals surface area contributed by atoms with E-state index in [4.69, 9.17) is 37.0 Å². The first-order valence-electron chi connectivity index (χ1n) is 40.5. The fourth-order valence-electron chi connectivity index (χ4n) is 10.9. The lowest BCUT2D eigenvalue weighted by atomic mass is 10.0. The van der Waals surface area contributed by atoms with Crippen LogP contribution in [0.1, 0.15) is 349 Å². The molecule has 0 rings (SSSR count). The monoisotopic (exact) mass is 1480 g/mol. The minimum Gasteiger partial charge on any atom is -0.462 e. The van der Waals surface area contributed by atoms with Gasteiger partial charge in [0.05, 0.1) is 26.4 Å². The normalized spacial score (nSPS) is 14.4. The minimum atomic E-state index is -4.98. The molecule has 590 valence electrons. The summed E-state index contributed by atoms with van der Waals surface area (Å²) in [4.78, 5) is 73.0. The van der Waals surface area contributed by atoms with E-state index in [9.17, 15) is 43.2 Å². The van der Waals surface area contributed by atoms with E-state index in [0.717, 1.165) is 173 Å². The molecule has 0 saturated carbocycles. The Morgan fingerprint density at radius 2 is 0.510 bits per heavy atom. The third-order valence-corrected chi connectivity index (χ3v) is 18.9. The Labute approximate surface area is 620 Å². The smallest absolute Gasteiger partial charge is 0.462 e. The van der Waals surface area contributed by atoms with Gasteiger partial charge in [-0.15, -0.1) is 0 Å². The number of allylic oxidation sites excluding steroid dienone is 16. The minimum absolute atomic E-state index is 0.0797. The summed E-state index contributed by atoms with van der Waals surface area (Å²) in [6.07, 6.45) is 79.5. The van der Waals surface area contributed by atoms with E-state index in [1.165, 1.54) is 96.3 Å². The number of ether oxygens (including phenoxy) is 4. The summed E-state index contributed by atoms with van der Waals surface area (Å²) in [6, 6.07) is 0. The van der Waals surface area contributed by atoms with Gasteiger partial charge in [0.2, 0.25) is 0 Å². The lowest BCUT2D eigenvalue weighted by Crippen LogP contribution is -2.30. The first-order valence-corrected chi connectivity index (χ1v) is 43.5. The number of carbonyl (C=O) groups is 4. The fraction of sp³-hybridized carbons (Fsp3) is 0.759. The van der Waals surface area contributed by atoms with Crippen molar-refractivity contribution in [3.05, 3.63) is 97.2 Å². The van der Waals surface area contributed by atoms with Crippen LogP contribution < -0.4 is 0 Å². The molecule has 0 aliphatic heterocycles. The zero-order valence-corrected chi connectivity index (χ0v) is 66.3. The van der Waals surface area contributed by atoms with Crippen molar-refractivity contribution in [2.75, 3.05) is 39.6 Å². The van der Waals surface area contributed by atoms with Crippen molar-refractivity contribution < 1.29 is 80.2 Å². The fourth-order valence-corrected chi connectivity index (χ4v) is 12.4. The van der Waals surface area contributed by atoms with E-state index >= 15 is 0 Å². The number of aliphatic hydroxyl groups excluding tert-OH is 1. The summed E-state index contributed by atoms with van der Waals surface area (Å²) in [6.45, 7) is 4.71. The first-order chi connectivity index (χ1) is 49.7. The Bertz CT molecular complexity index is 2310. The Balaban J connectivity index is 5.34. The van der Waals surface area contributed by atoms with Crippen LogP contribution in [0, 0.1) is 0 Å². The second-order valence-electron chi connectivity index (χ2n) is 27.0. The van der Waals surface area contributed by atoms with Gasteiger partial charge in [0.15, 0.2) is 12.2 Å². The van der Waals surface area contributed by atoms with Crippen molar-refractivity contribution in [2.24, 2.45) is 0 Å². The molecule has 0 bridgehead atoms. The Kier molecular flexibility index (Phi) is 72.3. The number of esters is 4. The van der Waals surface area contributed by atoms with Gasteiger partial charge in [-0.2, -0.15) is 0 Å². The van der Waals surface area contributed by atoms with Crippen LogP contribution in [0.15, 0.2) is 97.2 Å². The Morgan fingerprint density at radius 1 is 0.284 bits per heavy atom. The molecule has 0 saturated heterocycles. The molecule has 0 heterocycles. The van der Waals surface area contributed by atoms with E-state index in [2.05, 4.69) is 125 Å². The molecule has 5 atom stereocenters. The number of phosphoric ester groups is 2. The lowest BCUT2D eigenvalue weighted by molar-refractivity contribution is -0.161. The average molecular weight is 1480 g/mol. The van der Waals surface area contributed by atoms with Gasteiger partial charge in [0, 0.05) is 25.7 Å². The van der Waals surface area contributed by atoms with E-state index in [1.807, 2.05) is 0 Å². The predicted octanol–water partition coefficient (Wildman–Crippen LogP) is 23.6. The SMILES string of the molecule is CC/C=C\C/C=C\C/C=C\C/C=C\CCCCCCC(=O)OCC(COP(=O)(O)OCC(O)COP(=O)(O)OCC(COC(=O)CCCCCCCC/C=C\C/C=C\C/C=C\CCCCC)OC(=O)CCCCCCCCCCCCCCC)OC(=O)CCCCCCC/C=C\CCCCCC. The van der Waals surface area contributed by atoms with Gasteiger partial charge in [-0.05, 0) is 128 Å². The maximum Gasteiger partial charge on any atom is 0.472 e. The van der Waals surface area contributed by atoms with Gasteiger partial charge in [0.1, 0.15) is 19.3 Å². The van der Waals surface area contributed by atoms with Crippen LogP contribution in [0.2, 0.25) is 0 Å². The second kappa shape index (κ2) is 75.2. The topological polar surface area (TPSA) is 237 Å². The molecular weight excluding hydrogens is 1330 g/mol. The summed E-state index contributed by atoms with van der Waals surface area (Å²) in [7, 11) is -9.96. The van der Waals surface area contributed by atoms with Crippen molar-refractivity contribution in [2.45, 2.75) is 367 Å². The van der Waals surface area contributed by atoms with Crippen LogP contribution >= 0.6 is 15.6 Å². The molecule has 0 aromatic heterocycles. The van der Waals surface area contributed by atoms with Crippen LogP contribution in [0.3, 0.4) is 0 Å². The molecule has 19 heteroatoms. The quantitative estimate of drug-likeness (QED) is 0.0169. The van der Waals surface area contributed by atoms with E-state index in [0.29, 0.717) is 25.7 Å². The van der Waals surface area contributed by atoms with E-state index < -0.39 is 97.5 Å². The zero-order valence-electron chi connectivity index (χ0n) is 64.5. The molecule has 17 nitrogen and oxygen atoms in total. The maximum absolute atomic E-state index is 13.1. The molecule has 0 aromatic carbocycles. The molecule has 0 amide bonds. The van der Waals surface area contributed by atoms with Gasteiger partial charge in [-0.3, -0.25) is 37.3 Å². The highest BCUT2D eigenvalue weighted by Gasteiger charge is 2.30. The van der Waals surface area contributed by atoms with Crippen molar-refractivity contribution in [1.29, 1.82) is 0 Å². The lowest BCUT2D eigenvalue weighted by Gasteiger charge is -2.21. The Morgan fingerprint density at radius 3 is 0.824 bits per heavy atom. The predicted molar refractivity (Wildman–Crippen MR) is 418 cm³/mol. The standard InChI is InChI=1S/C83H146O17P2/c1-5-9-13-17-21-25-29-33-35-37-38-40-42-46-48-52-56-60-64-68-81(86)94-74-79(100-83(88)70-66-62-58-54-50-44-32-28-24-20-16-12-8-4)76-98-102(91,92)96-72-77(84)71-95-101(89,90)97-75-78(99-82(87)69-65-61-57-53-49-43-31-27-23-19-15-11-7-3)73-93-80(85)67-63-59-55-51-47-45-41-39-36-34-30-26-22-18-14-10-6-2/h10,14,21-22,25-27,31,33-36,38,40-41,45,77-79,84H,5-9,11-13,15-20,23-24,28-30,32,37,39,42-44,46-76H2,1-4H3,(H,89,90)(H,91,92)/b14-10-,25-21-,26-22-,31-27-,35-33-,36-34-,40-38-,45-41-. The van der Waals surface area contributed by atoms with Crippen LogP contribution in [-0.2, 0) is 65.4 Å². The molecule has 0 aromatic rings. The third kappa shape index (κ3) is 74.3. The number of rotatable bonds is 76. The second-order valence-corrected chi connectivity index (χ2v) is 29.9. The first kappa shape index (κ1) is 98.0. The molecule has 5 unspecified atom stereocenters. The Hall–Kier alpha value is -4.02. The summed E-state index contributed by atoms with van der Waals surface area (Å²) in [5.74, 6) is -2.20. The van der Waals surface area contributed by atoms with Crippen LogP contribution in [-0.4, -0.2) is 96.7 Å². The van der Waals surface area contributed by atoms with Crippen LogP contribution in [0.4, 0.5) is 0 Å². The van der Waals surface area contributed by atoms with Gasteiger partial charge in [0.25, 0.3) is 0 Å². The number of aliphatic hydroxyl groups is 1. The number of unbranched alkanes of at least 4 members (excludes halogenated alkanes) is 34. The van der Waals surface area contributed by atoms with Crippen LogP contribution in [0.25, 0.3) is 0 Å². The summed E-state index contributed by atoms with van der Waals surface area (Å²) in [5.41, 5.74) is 0. The number of carbonyl (C=O) groups excluding carboxylic acids is 4.